The molecule has 0 aliphatic heterocycles. The molecule has 1 aromatic heterocycles. The van der Waals surface area contributed by atoms with Crippen LogP contribution >= 0.6 is 11.3 Å². The standard InChI is InChI=1S/C12H17NOS/c13-12(6-2-7-12)9-10(14)4-5-11-3-1-8-15-11/h1,3,8H,2,4-7,9,13H2. The largest absolute Gasteiger partial charge is 0.325 e. The average molecular weight is 223 g/mol. The van der Waals surface area contributed by atoms with Gasteiger partial charge in [0.05, 0.1) is 0 Å². The van der Waals surface area contributed by atoms with E-state index in [1.165, 1.54) is 11.3 Å². The predicted molar refractivity (Wildman–Crippen MR) is 63.0 cm³/mol. The summed E-state index contributed by atoms with van der Waals surface area (Å²) < 4.78 is 0. The smallest absolute Gasteiger partial charge is 0.135 e. The lowest BCUT2D eigenvalue weighted by Gasteiger charge is -2.37. The number of ketones is 1. The molecule has 3 heteroatoms. The molecule has 2 N–H and O–H groups in total. The number of carbonyl (C=O) groups is 1. The van der Waals surface area contributed by atoms with Gasteiger partial charge in [0, 0.05) is 23.3 Å². The number of nitrogens with two attached hydrogens (primary N) is 1. The van der Waals surface area contributed by atoms with Crippen LogP contribution in [-0.4, -0.2) is 11.3 Å². The molecule has 0 aromatic carbocycles. The molecule has 82 valence electrons. The molecule has 1 heterocycles. The quantitative estimate of drug-likeness (QED) is 0.833. The monoisotopic (exact) mass is 223 g/mol. The van der Waals surface area contributed by atoms with Gasteiger partial charge in [0.2, 0.25) is 0 Å². The second-order valence-corrected chi connectivity index (χ2v) is 5.54. The van der Waals surface area contributed by atoms with E-state index in [9.17, 15) is 4.79 Å². The highest BCUT2D eigenvalue weighted by Crippen LogP contribution is 2.32. The lowest BCUT2D eigenvalue weighted by atomic mass is 9.74. The van der Waals surface area contributed by atoms with Crippen molar-refractivity contribution in [1.29, 1.82) is 0 Å². The lowest BCUT2D eigenvalue weighted by Crippen LogP contribution is -2.48. The number of carbonyl (C=O) groups excluding carboxylic acids is 1. The molecule has 0 unspecified atom stereocenters. The SMILES string of the molecule is NC1(CC(=O)CCc2cccs2)CCC1. The predicted octanol–water partition coefficient (Wildman–Crippen LogP) is 2.52. The molecule has 0 saturated heterocycles. The van der Waals surface area contributed by atoms with Gasteiger partial charge in [-0.2, -0.15) is 0 Å². The van der Waals surface area contributed by atoms with Gasteiger partial charge in [0.1, 0.15) is 5.78 Å². The minimum atomic E-state index is -0.146. The molecular weight excluding hydrogens is 206 g/mol. The highest BCUT2D eigenvalue weighted by Gasteiger charge is 2.34. The fraction of sp³-hybridized carbons (Fsp3) is 0.583. The summed E-state index contributed by atoms with van der Waals surface area (Å²) >= 11 is 1.72. The first-order valence-corrected chi connectivity index (χ1v) is 6.39. The number of thiophene rings is 1. The summed E-state index contributed by atoms with van der Waals surface area (Å²) in [5.41, 5.74) is 5.89. The van der Waals surface area contributed by atoms with Crippen LogP contribution < -0.4 is 5.73 Å². The lowest BCUT2D eigenvalue weighted by molar-refractivity contribution is -0.120. The van der Waals surface area contributed by atoms with Crippen molar-refractivity contribution >= 4 is 17.1 Å². The summed E-state index contributed by atoms with van der Waals surface area (Å²) in [5, 5.41) is 2.05. The maximum Gasteiger partial charge on any atom is 0.135 e. The molecule has 0 radical (unpaired) electrons. The van der Waals surface area contributed by atoms with E-state index in [1.54, 1.807) is 11.3 Å². The summed E-state index contributed by atoms with van der Waals surface area (Å²) in [4.78, 5) is 13.0. The summed E-state index contributed by atoms with van der Waals surface area (Å²) in [6.45, 7) is 0. The van der Waals surface area contributed by atoms with Gasteiger partial charge in [0.25, 0.3) is 0 Å². The average Bonchev–Trinajstić information content (AvgIpc) is 2.64. The zero-order valence-electron chi connectivity index (χ0n) is 8.87. The molecule has 0 bridgehead atoms. The van der Waals surface area contributed by atoms with E-state index >= 15 is 0 Å². The van der Waals surface area contributed by atoms with Crippen molar-refractivity contribution in [3.05, 3.63) is 22.4 Å². The topological polar surface area (TPSA) is 43.1 Å². The molecule has 15 heavy (non-hydrogen) atoms. The third kappa shape index (κ3) is 2.89. The highest BCUT2D eigenvalue weighted by atomic mass is 32.1. The van der Waals surface area contributed by atoms with Crippen LogP contribution in [0.2, 0.25) is 0 Å². The molecule has 0 amide bonds. The highest BCUT2D eigenvalue weighted by molar-refractivity contribution is 7.09. The van der Waals surface area contributed by atoms with Crippen LogP contribution in [0, 0.1) is 0 Å². The fourth-order valence-electron chi connectivity index (χ4n) is 2.01. The maximum atomic E-state index is 11.7. The molecule has 0 spiro atoms. The van der Waals surface area contributed by atoms with Gasteiger partial charge in [-0.25, -0.2) is 0 Å². The van der Waals surface area contributed by atoms with E-state index in [-0.39, 0.29) is 5.54 Å². The van der Waals surface area contributed by atoms with Gasteiger partial charge in [-0.05, 0) is 37.1 Å². The second-order valence-electron chi connectivity index (χ2n) is 4.51. The van der Waals surface area contributed by atoms with Crippen molar-refractivity contribution in [2.24, 2.45) is 5.73 Å². The van der Waals surface area contributed by atoms with E-state index in [4.69, 9.17) is 5.73 Å². The Morgan fingerprint density at radius 3 is 2.87 bits per heavy atom. The second kappa shape index (κ2) is 4.45. The molecule has 1 saturated carbocycles. The number of hydrogen-bond acceptors (Lipinski definition) is 3. The Labute approximate surface area is 94.5 Å². The minimum Gasteiger partial charge on any atom is -0.325 e. The molecule has 1 fully saturated rings. The normalized spacial score (nSPS) is 18.5. The molecular formula is C12H17NOS. The van der Waals surface area contributed by atoms with Crippen LogP contribution in [0.1, 0.15) is 37.0 Å². The maximum absolute atomic E-state index is 11.7. The molecule has 1 aromatic rings. The number of aryl methyl sites for hydroxylation is 1. The van der Waals surface area contributed by atoms with E-state index in [1.807, 2.05) is 6.07 Å². The zero-order valence-corrected chi connectivity index (χ0v) is 9.69. The van der Waals surface area contributed by atoms with Crippen molar-refractivity contribution in [3.8, 4) is 0 Å². The third-order valence-corrected chi connectivity index (χ3v) is 4.07. The van der Waals surface area contributed by atoms with Crippen molar-refractivity contribution in [2.75, 3.05) is 0 Å². The van der Waals surface area contributed by atoms with Crippen LogP contribution in [0.15, 0.2) is 17.5 Å². The third-order valence-electron chi connectivity index (χ3n) is 3.13. The first-order chi connectivity index (χ1) is 7.18. The van der Waals surface area contributed by atoms with Crippen LogP contribution in [-0.2, 0) is 11.2 Å². The summed E-state index contributed by atoms with van der Waals surface area (Å²) in [6, 6.07) is 4.11. The van der Waals surface area contributed by atoms with Gasteiger partial charge >= 0.3 is 0 Å². The molecule has 2 rings (SSSR count). The first kappa shape index (κ1) is 10.8. The van der Waals surface area contributed by atoms with E-state index in [2.05, 4.69) is 11.4 Å². The fourth-order valence-corrected chi connectivity index (χ4v) is 2.72. The van der Waals surface area contributed by atoms with Gasteiger partial charge in [0.15, 0.2) is 0 Å². The summed E-state index contributed by atoms with van der Waals surface area (Å²) in [6.07, 6.45) is 5.36. The van der Waals surface area contributed by atoms with E-state index in [0.717, 1.165) is 19.3 Å². The van der Waals surface area contributed by atoms with Crippen LogP contribution in [0.4, 0.5) is 0 Å². The Morgan fingerprint density at radius 1 is 1.53 bits per heavy atom. The number of hydrogen-bond donors (Lipinski definition) is 1. The Balaban J connectivity index is 1.73. The van der Waals surface area contributed by atoms with Gasteiger partial charge in [-0.1, -0.05) is 6.07 Å². The Kier molecular flexibility index (Phi) is 3.22. The number of rotatable bonds is 5. The van der Waals surface area contributed by atoms with Gasteiger partial charge in [-0.3, -0.25) is 4.79 Å². The van der Waals surface area contributed by atoms with Gasteiger partial charge in [-0.15, -0.1) is 11.3 Å². The van der Waals surface area contributed by atoms with Crippen molar-refractivity contribution < 1.29 is 4.79 Å². The van der Waals surface area contributed by atoms with Gasteiger partial charge < -0.3 is 5.73 Å². The summed E-state index contributed by atoms with van der Waals surface area (Å²) in [7, 11) is 0. The van der Waals surface area contributed by atoms with Crippen molar-refractivity contribution in [2.45, 2.75) is 44.1 Å². The van der Waals surface area contributed by atoms with Crippen LogP contribution in [0.3, 0.4) is 0 Å². The van der Waals surface area contributed by atoms with Crippen LogP contribution in [0.25, 0.3) is 0 Å². The van der Waals surface area contributed by atoms with Crippen molar-refractivity contribution in [1.82, 2.24) is 0 Å². The molecule has 1 aliphatic rings. The Morgan fingerprint density at radius 2 is 2.33 bits per heavy atom. The minimum absolute atomic E-state index is 0.146. The zero-order chi connectivity index (χ0) is 10.7. The number of Topliss-reactive ketones (excluding diaryl/α,β-unsaturated/α-hetero) is 1. The van der Waals surface area contributed by atoms with E-state index < -0.39 is 0 Å². The first-order valence-electron chi connectivity index (χ1n) is 5.51. The van der Waals surface area contributed by atoms with Crippen molar-refractivity contribution in [3.63, 3.8) is 0 Å². The molecule has 0 atom stereocenters. The molecule has 2 nitrogen and oxygen atoms in total. The molecule has 1 aliphatic carbocycles. The van der Waals surface area contributed by atoms with E-state index in [0.29, 0.717) is 18.6 Å². The Hall–Kier alpha value is -0.670. The Bertz CT molecular complexity index is 327. The summed E-state index contributed by atoms with van der Waals surface area (Å²) in [5.74, 6) is 0.325. The van der Waals surface area contributed by atoms with Crippen LogP contribution in [0.5, 0.6) is 0 Å².